The number of hydrogen-bond donors (Lipinski definition) is 0. The lowest BCUT2D eigenvalue weighted by molar-refractivity contribution is -0.385. The van der Waals surface area contributed by atoms with Gasteiger partial charge < -0.3 is 0 Å². The number of nitrogens with zero attached hydrogens (tertiary/aromatic N) is 2. The van der Waals surface area contributed by atoms with E-state index < -0.39 is 9.85 Å². The number of rotatable bonds is 3. The SMILES string of the molecule is O=[N+]([O-])c1cc(Cl)ccc1-c1ccsc1[N+](=O)[O-]. The fourth-order valence-electron chi connectivity index (χ4n) is 1.53. The monoisotopic (exact) mass is 284 g/mol. The van der Waals surface area contributed by atoms with E-state index in [-0.39, 0.29) is 26.8 Å². The van der Waals surface area contributed by atoms with Gasteiger partial charge in [0, 0.05) is 11.1 Å². The number of benzene rings is 1. The molecule has 0 saturated heterocycles. The molecule has 2 aromatic rings. The zero-order valence-corrected chi connectivity index (χ0v) is 10.3. The number of halogens is 1. The Labute approximate surface area is 110 Å². The lowest BCUT2D eigenvalue weighted by Gasteiger charge is -2.01. The van der Waals surface area contributed by atoms with Crippen LogP contribution in [0, 0.1) is 20.2 Å². The van der Waals surface area contributed by atoms with Gasteiger partial charge in [0.25, 0.3) is 5.69 Å². The maximum Gasteiger partial charge on any atom is 0.332 e. The number of thiophene rings is 1. The molecule has 0 aliphatic heterocycles. The van der Waals surface area contributed by atoms with Crippen molar-refractivity contribution in [3.8, 4) is 11.1 Å². The number of hydrogen-bond acceptors (Lipinski definition) is 5. The molecule has 0 fully saturated rings. The molecule has 92 valence electrons. The Balaban J connectivity index is 2.67. The Kier molecular flexibility index (Phi) is 3.26. The summed E-state index contributed by atoms with van der Waals surface area (Å²) in [4.78, 5) is 20.6. The predicted molar refractivity (Wildman–Crippen MR) is 68.1 cm³/mol. The molecule has 1 heterocycles. The van der Waals surface area contributed by atoms with Gasteiger partial charge in [-0.05, 0) is 23.6 Å². The molecule has 8 heteroatoms. The fourth-order valence-corrected chi connectivity index (χ4v) is 2.42. The summed E-state index contributed by atoms with van der Waals surface area (Å²) in [6.07, 6.45) is 0. The molecule has 0 saturated carbocycles. The van der Waals surface area contributed by atoms with E-state index in [4.69, 9.17) is 11.6 Å². The van der Waals surface area contributed by atoms with Crippen molar-refractivity contribution in [2.45, 2.75) is 0 Å². The van der Waals surface area contributed by atoms with E-state index in [0.717, 1.165) is 11.3 Å². The summed E-state index contributed by atoms with van der Waals surface area (Å²) < 4.78 is 0. The standard InChI is InChI=1S/C10H5ClN2O4S/c11-6-1-2-7(9(5-6)12(14)15)8-3-4-18-10(8)13(16)17/h1-5H. The summed E-state index contributed by atoms with van der Waals surface area (Å²) in [6.45, 7) is 0. The Bertz CT molecular complexity index is 641. The average molecular weight is 285 g/mol. The number of nitro groups is 2. The van der Waals surface area contributed by atoms with Gasteiger partial charge in [-0.3, -0.25) is 20.2 Å². The highest BCUT2D eigenvalue weighted by Gasteiger charge is 2.24. The molecule has 0 bridgehead atoms. The van der Waals surface area contributed by atoms with Gasteiger partial charge in [0.2, 0.25) is 0 Å². The summed E-state index contributed by atoms with van der Waals surface area (Å²) in [7, 11) is 0. The molecule has 0 aliphatic rings. The van der Waals surface area contributed by atoms with Crippen molar-refractivity contribution in [2.75, 3.05) is 0 Å². The first-order chi connectivity index (χ1) is 8.50. The van der Waals surface area contributed by atoms with Crippen molar-refractivity contribution < 1.29 is 9.85 Å². The van der Waals surface area contributed by atoms with Crippen molar-refractivity contribution in [1.82, 2.24) is 0 Å². The van der Waals surface area contributed by atoms with Crippen LogP contribution in [0.3, 0.4) is 0 Å². The summed E-state index contributed by atoms with van der Waals surface area (Å²) in [5.74, 6) is 0. The topological polar surface area (TPSA) is 86.3 Å². The largest absolute Gasteiger partial charge is 0.332 e. The van der Waals surface area contributed by atoms with E-state index in [1.165, 1.54) is 29.6 Å². The van der Waals surface area contributed by atoms with E-state index in [0.29, 0.717) is 0 Å². The van der Waals surface area contributed by atoms with Crippen molar-refractivity contribution in [3.05, 3.63) is 54.9 Å². The quantitative estimate of drug-likeness (QED) is 0.632. The highest BCUT2D eigenvalue weighted by atomic mass is 35.5. The Morgan fingerprint density at radius 3 is 2.39 bits per heavy atom. The van der Waals surface area contributed by atoms with Crippen LogP contribution in [-0.2, 0) is 0 Å². The van der Waals surface area contributed by atoms with Gasteiger partial charge in [0.15, 0.2) is 0 Å². The normalized spacial score (nSPS) is 10.3. The minimum atomic E-state index is -0.609. The van der Waals surface area contributed by atoms with Gasteiger partial charge in [-0.2, -0.15) is 0 Å². The Morgan fingerprint density at radius 2 is 1.78 bits per heavy atom. The third kappa shape index (κ3) is 2.18. The van der Waals surface area contributed by atoms with Crippen molar-refractivity contribution in [3.63, 3.8) is 0 Å². The zero-order chi connectivity index (χ0) is 13.3. The van der Waals surface area contributed by atoms with Gasteiger partial charge in [-0.1, -0.05) is 22.9 Å². The molecular weight excluding hydrogens is 280 g/mol. The van der Waals surface area contributed by atoms with E-state index in [2.05, 4.69) is 0 Å². The fraction of sp³-hybridized carbons (Fsp3) is 0. The lowest BCUT2D eigenvalue weighted by atomic mass is 10.1. The number of nitro benzene ring substituents is 1. The second-order valence-electron chi connectivity index (χ2n) is 3.32. The van der Waals surface area contributed by atoms with Gasteiger partial charge in [0.05, 0.1) is 21.0 Å². The van der Waals surface area contributed by atoms with Gasteiger partial charge in [-0.25, -0.2) is 0 Å². The summed E-state index contributed by atoms with van der Waals surface area (Å²) in [5, 5.41) is 23.4. The minimum Gasteiger partial charge on any atom is -0.258 e. The smallest absolute Gasteiger partial charge is 0.258 e. The van der Waals surface area contributed by atoms with Crippen molar-refractivity contribution in [2.24, 2.45) is 0 Å². The maximum atomic E-state index is 10.9. The Morgan fingerprint density at radius 1 is 1.06 bits per heavy atom. The van der Waals surface area contributed by atoms with Crippen LogP contribution in [0.2, 0.25) is 5.02 Å². The summed E-state index contributed by atoms with van der Waals surface area (Å²) in [5.41, 5.74) is 0.176. The van der Waals surface area contributed by atoms with Crippen LogP contribution >= 0.6 is 22.9 Å². The maximum absolute atomic E-state index is 10.9. The molecule has 0 unspecified atom stereocenters. The molecule has 0 radical (unpaired) electrons. The Hall–Kier alpha value is -1.99. The highest BCUT2D eigenvalue weighted by Crippen LogP contribution is 2.40. The molecule has 6 nitrogen and oxygen atoms in total. The summed E-state index contributed by atoms with van der Waals surface area (Å²) >= 11 is 6.61. The summed E-state index contributed by atoms with van der Waals surface area (Å²) in [6, 6.07) is 5.54. The predicted octanol–water partition coefficient (Wildman–Crippen LogP) is 3.88. The molecule has 1 aromatic carbocycles. The van der Waals surface area contributed by atoms with E-state index in [9.17, 15) is 20.2 Å². The first-order valence-electron chi connectivity index (χ1n) is 4.67. The third-order valence-corrected chi connectivity index (χ3v) is 3.36. The van der Waals surface area contributed by atoms with E-state index in [1.54, 1.807) is 0 Å². The zero-order valence-electron chi connectivity index (χ0n) is 8.70. The van der Waals surface area contributed by atoms with Gasteiger partial charge in [0.1, 0.15) is 0 Å². The highest BCUT2D eigenvalue weighted by molar-refractivity contribution is 7.13. The molecule has 1 aromatic heterocycles. The van der Waals surface area contributed by atoms with E-state index in [1.807, 2.05) is 0 Å². The first kappa shape index (κ1) is 12.5. The molecule has 0 amide bonds. The van der Waals surface area contributed by atoms with Crippen LogP contribution in [-0.4, -0.2) is 9.85 Å². The van der Waals surface area contributed by atoms with Gasteiger partial charge in [-0.15, -0.1) is 0 Å². The van der Waals surface area contributed by atoms with E-state index >= 15 is 0 Å². The van der Waals surface area contributed by atoms with Crippen LogP contribution in [0.1, 0.15) is 0 Å². The van der Waals surface area contributed by atoms with Crippen LogP contribution in [0.15, 0.2) is 29.6 Å². The first-order valence-corrected chi connectivity index (χ1v) is 5.92. The molecule has 2 rings (SSSR count). The average Bonchev–Trinajstić information content (AvgIpc) is 2.77. The van der Waals surface area contributed by atoms with Crippen LogP contribution < -0.4 is 0 Å². The van der Waals surface area contributed by atoms with Crippen molar-refractivity contribution >= 4 is 33.6 Å². The second-order valence-corrected chi connectivity index (χ2v) is 4.65. The second kappa shape index (κ2) is 4.71. The van der Waals surface area contributed by atoms with Gasteiger partial charge >= 0.3 is 5.00 Å². The van der Waals surface area contributed by atoms with Crippen molar-refractivity contribution in [1.29, 1.82) is 0 Å². The third-order valence-electron chi connectivity index (χ3n) is 2.26. The van der Waals surface area contributed by atoms with Crippen LogP contribution in [0.4, 0.5) is 10.7 Å². The molecule has 0 aliphatic carbocycles. The molecule has 0 spiro atoms. The molecule has 18 heavy (non-hydrogen) atoms. The molecule has 0 N–H and O–H groups in total. The van der Waals surface area contributed by atoms with Crippen LogP contribution in [0.5, 0.6) is 0 Å². The van der Waals surface area contributed by atoms with Crippen LogP contribution in [0.25, 0.3) is 11.1 Å². The minimum absolute atomic E-state index is 0.125. The lowest BCUT2D eigenvalue weighted by Crippen LogP contribution is -1.93. The molecular formula is C10H5ClN2O4S. The molecule has 0 atom stereocenters.